The lowest BCUT2D eigenvalue weighted by molar-refractivity contribution is 0.102. The van der Waals surface area contributed by atoms with Gasteiger partial charge in [0.1, 0.15) is 17.8 Å². The van der Waals surface area contributed by atoms with Crippen LogP contribution in [0.3, 0.4) is 0 Å². The first-order valence-corrected chi connectivity index (χ1v) is 8.10. The molecule has 0 atom stereocenters. The van der Waals surface area contributed by atoms with Crippen LogP contribution in [0.25, 0.3) is 0 Å². The first-order chi connectivity index (χ1) is 12.6. The molecule has 0 unspecified atom stereocenters. The Hall–Kier alpha value is -3.43. The lowest BCUT2D eigenvalue weighted by atomic mass is 10.2. The zero-order valence-electron chi connectivity index (χ0n) is 13.8. The molecule has 0 fully saturated rings. The molecule has 2 N–H and O–H groups in total. The zero-order chi connectivity index (χ0) is 18.5. The minimum Gasteiger partial charge on any atom is -0.340 e. The summed E-state index contributed by atoms with van der Waals surface area (Å²) < 4.78 is 0. The lowest BCUT2D eigenvalue weighted by Gasteiger charge is -2.10. The summed E-state index contributed by atoms with van der Waals surface area (Å²) in [7, 11) is 0. The van der Waals surface area contributed by atoms with Gasteiger partial charge >= 0.3 is 0 Å². The van der Waals surface area contributed by atoms with Crippen LogP contribution in [0.15, 0.2) is 54.9 Å². The Morgan fingerprint density at radius 1 is 1.15 bits per heavy atom. The molecule has 1 heterocycles. The second-order valence-corrected chi connectivity index (χ2v) is 5.88. The standard InChI is InChI=1S/C19H14ClN5O/c1-12-15(20)3-2-4-16(12)25-19(26)17-9-18(23-11-22-17)24-14-7-5-13(10-21)6-8-14/h2-9,11H,1H3,(H,25,26)(H,22,23,24). The summed E-state index contributed by atoms with van der Waals surface area (Å²) >= 11 is 6.07. The van der Waals surface area contributed by atoms with Crippen LogP contribution in [-0.4, -0.2) is 15.9 Å². The van der Waals surface area contributed by atoms with E-state index in [1.807, 2.05) is 6.92 Å². The molecule has 1 amide bonds. The van der Waals surface area contributed by atoms with Gasteiger partial charge in [0.25, 0.3) is 5.91 Å². The minimum absolute atomic E-state index is 0.218. The monoisotopic (exact) mass is 363 g/mol. The number of halogens is 1. The second kappa shape index (κ2) is 7.64. The van der Waals surface area contributed by atoms with E-state index in [-0.39, 0.29) is 11.6 Å². The van der Waals surface area contributed by atoms with E-state index in [0.29, 0.717) is 22.1 Å². The van der Waals surface area contributed by atoms with Crippen molar-refractivity contribution in [2.75, 3.05) is 10.6 Å². The largest absolute Gasteiger partial charge is 0.340 e. The minimum atomic E-state index is -0.361. The molecule has 3 rings (SSSR count). The van der Waals surface area contributed by atoms with Gasteiger partial charge in [0.2, 0.25) is 0 Å². The van der Waals surface area contributed by atoms with Crippen molar-refractivity contribution in [1.82, 2.24) is 9.97 Å². The maximum absolute atomic E-state index is 12.5. The number of carbonyl (C=O) groups excluding carboxylic acids is 1. The summed E-state index contributed by atoms with van der Waals surface area (Å²) in [5.74, 6) is 0.110. The van der Waals surface area contributed by atoms with Crippen molar-refractivity contribution < 1.29 is 4.79 Å². The van der Waals surface area contributed by atoms with Crippen LogP contribution >= 0.6 is 11.6 Å². The number of anilines is 3. The first kappa shape index (κ1) is 17.4. The number of amides is 1. The molecule has 0 aliphatic heterocycles. The van der Waals surface area contributed by atoms with Gasteiger partial charge in [-0.2, -0.15) is 5.26 Å². The Morgan fingerprint density at radius 3 is 2.65 bits per heavy atom. The van der Waals surface area contributed by atoms with Crippen molar-refractivity contribution in [2.45, 2.75) is 6.92 Å². The number of carbonyl (C=O) groups is 1. The highest BCUT2D eigenvalue weighted by atomic mass is 35.5. The van der Waals surface area contributed by atoms with Gasteiger partial charge < -0.3 is 10.6 Å². The molecule has 0 saturated carbocycles. The van der Waals surface area contributed by atoms with E-state index in [2.05, 4.69) is 26.7 Å². The molecule has 1 aromatic heterocycles. The Bertz CT molecular complexity index is 996. The molecular weight excluding hydrogens is 350 g/mol. The van der Waals surface area contributed by atoms with E-state index in [4.69, 9.17) is 16.9 Å². The van der Waals surface area contributed by atoms with Gasteiger partial charge in [0.15, 0.2) is 0 Å². The molecule has 0 aliphatic rings. The van der Waals surface area contributed by atoms with Crippen LogP contribution in [0.2, 0.25) is 5.02 Å². The number of nitrogens with one attached hydrogen (secondary N) is 2. The predicted octanol–water partition coefficient (Wildman–Crippen LogP) is 4.31. The van der Waals surface area contributed by atoms with E-state index < -0.39 is 0 Å². The van der Waals surface area contributed by atoms with Crippen molar-refractivity contribution in [1.29, 1.82) is 5.26 Å². The average molecular weight is 364 g/mol. The fourth-order valence-electron chi connectivity index (χ4n) is 2.26. The van der Waals surface area contributed by atoms with Gasteiger partial charge in [-0.3, -0.25) is 4.79 Å². The van der Waals surface area contributed by atoms with Crippen molar-refractivity contribution in [3.8, 4) is 6.07 Å². The topological polar surface area (TPSA) is 90.7 Å². The molecule has 128 valence electrons. The maximum atomic E-state index is 12.5. The quantitative estimate of drug-likeness (QED) is 0.720. The predicted molar refractivity (Wildman–Crippen MR) is 101 cm³/mol. The number of rotatable bonds is 4. The van der Waals surface area contributed by atoms with Crippen LogP contribution < -0.4 is 10.6 Å². The van der Waals surface area contributed by atoms with Gasteiger partial charge in [-0.15, -0.1) is 0 Å². The van der Waals surface area contributed by atoms with E-state index >= 15 is 0 Å². The summed E-state index contributed by atoms with van der Waals surface area (Å²) in [6.07, 6.45) is 1.31. The van der Waals surface area contributed by atoms with Crippen LogP contribution in [0, 0.1) is 18.3 Å². The fourth-order valence-corrected chi connectivity index (χ4v) is 2.43. The van der Waals surface area contributed by atoms with E-state index in [1.54, 1.807) is 48.5 Å². The number of nitriles is 1. The third kappa shape index (κ3) is 3.97. The summed E-state index contributed by atoms with van der Waals surface area (Å²) in [4.78, 5) is 20.6. The molecule has 26 heavy (non-hydrogen) atoms. The Morgan fingerprint density at radius 2 is 1.92 bits per heavy atom. The molecular formula is C19H14ClN5O. The van der Waals surface area contributed by atoms with E-state index in [9.17, 15) is 4.79 Å². The van der Waals surface area contributed by atoms with Crippen molar-refractivity contribution in [3.63, 3.8) is 0 Å². The third-order valence-corrected chi connectivity index (χ3v) is 4.11. The van der Waals surface area contributed by atoms with Crippen LogP contribution in [-0.2, 0) is 0 Å². The Balaban J connectivity index is 1.76. The second-order valence-electron chi connectivity index (χ2n) is 5.47. The molecule has 0 saturated heterocycles. The molecule has 0 radical (unpaired) electrons. The molecule has 7 heteroatoms. The summed E-state index contributed by atoms with van der Waals surface area (Å²) in [5, 5.41) is 15.3. The lowest BCUT2D eigenvalue weighted by Crippen LogP contribution is -2.15. The normalized spacial score (nSPS) is 10.0. The highest BCUT2D eigenvalue weighted by Crippen LogP contribution is 2.23. The number of hydrogen-bond acceptors (Lipinski definition) is 5. The van der Waals surface area contributed by atoms with E-state index in [0.717, 1.165) is 11.3 Å². The average Bonchev–Trinajstić information content (AvgIpc) is 2.66. The summed E-state index contributed by atoms with van der Waals surface area (Å²) in [6, 6.07) is 15.8. The van der Waals surface area contributed by atoms with Crippen LogP contribution in [0.1, 0.15) is 21.6 Å². The Labute approximate surface area is 155 Å². The number of benzene rings is 2. The van der Waals surface area contributed by atoms with Crippen LogP contribution in [0.5, 0.6) is 0 Å². The molecule has 0 spiro atoms. The number of aromatic nitrogens is 2. The number of nitrogens with zero attached hydrogens (tertiary/aromatic N) is 3. The van der Waals surface area contributed by atoms with Gasteiger partial charge in [-0.1, -0.05) is 17.7 Å². The summed E-state index contributed by atoms with van der Waals surface area (Å²) in [5.41, 5.74) is 2.95. The fraction of sp³-hybridized carbons (Fsp3) is 0.0526. The van der Waals surface area contributed by atoms with Gasteiger partial charge in [0.05, 0.1) is 11.6 Å². The third-order valence-electron chi connectivity index (χ3n) is 3.70. The van der Waals surface area contributed by atoms with Gasteiger partial charge in [0, 0.05) is 22.5 Å². The molecule has 0 bridgehead atoms. The molecule has 0 aliphatic carbocycles. The van der Waals surface area contributed by atoms with E-state index in [1.165, 1.54) is 6.33 Å². The first-order valence-electron chi connectivity index (χ1n) is 7.72. The SMILES string of the molecule is Cc1c(Cl)cccc1NC(=O)c1cc(Nc2ccc(C#N)cc2)ncn1. The maximum Gasteiger partial charge on any atom is 0.274 e. The highest BCUT2D eigenvalue weighted by Gasteiger charge is 2.11. The summed E-state index contributed by atoms with van der Waals surface area (Å²) in [6.45, 7) is 1.83. The molecule has 6 nitrogen and oxygen atoms in total. The van der Waals surface area contributed by atoms with Crippen LogP contribution in [0.4, 0.5) is 17.2 Å². The molecule has 3 aromatic rings. The van der Waals surface area contributed by atoms with Crippen molar-refractivity contribution >= 4 is 34.7 Å². The van der Waals surface area contributed by atoms with Gasteiger partial charge in [-0.25, -0.2) is 9.97 Å². The smallest absolute Gasteiger partial charge is 0.274 e. The molecule has 2 aromatic carbocycles. The van der Waals surface area contributed by atoms with Crippen molar-refractivity contribution in [2.24, 2.45) is 0 Å². The zero-order valence-corrected chi connectivity index (χ0v) is 14.6. The Kier molecular flexibility index (Phi) is 5.11. The number of hydrogen-bond donors (Lipinski definition) is 2. The van der Waals surface area contributed by atoms with Crippen molar-refractivity contribution in [3.05, 3.63) is 76.7 Å². The van der Waals surface area contributed by atoms with Gasteiger partial charge in [-0.05, 0) is 48.9 Å². The highest BCUT2D eigenvalue weighted by molar-refractivity contribution is 6.31.